The van der Waals surface area contributed by atoms with E-state index in [0.717, 1.165) is 49.9 Å². The molecule has 3 nitrogen and oxygen atoms in total. The van der Waals surface area contributed by atoms with E-state index in [4.69, 9.17) is 0 Å². The molecule has 1 amide bonds. The van der Waals surface area contributed by atoms with Gasteiger partial charge in [0, 0.05) is 12.2 Å². The predicted molar refractivity (Wildman–Crippen MR) is 104 cm³/mol. The number of hydrogen-bond acceptors (Lipinski definition) is 2. The standard InChI is InChI=1S/C22H28N2O/c1-3-5-16-22(18-12-8-7-9-13-18)23-20-15-11-10-14-19(20)21(25)24(22)17-6-4-2/h7-15,23H,3-6,16-17H2,1-2H3. The van der Waals surface area contributed by atoms with E-state index in [1.165, 1.54) is 5.56 Å². The van der Waals surface area contributed by atoms with Crippen LogP contribution in [-0.4, -0.2) is 17.4 Å². The number of hydrogen-bond donors (Lipinski definition) is 1. The zero-order chi connectivity index (χ0) is 17.7. The van der Waals surface area contributed by atoms with Crippen LogP contribution in [0.15, 0.2) is 54.6 Å². The van der Waals surface area contributed by atoms with Gasteiger partial charge in [-0.05, 0) is 37.0 Å². The Bertz CT molecular complexity index is 713. The molecule has 0 spiro atoms. The van der Waals surface area contributed by atoms with Gasteiger partial charge in [-0.3, -0.25) is 4.79 Å². The lowest BCUT2D eigenvalue weighted by molar-refractivity contribution is 0.0460. The van der Waals surface area contributed by atoms with Gasteiger partial charge in [0.2, 0.25) is 0 Å². The third-order valence-corrected chi connectivity index (χ3v) is 5.08. The highest BCUT2D eigenvalue weighted by molar-refractivity contribution is 6.02. The van der Waals surface area contributed by atoms with E-state index >= 15 is 0 Å². The first-order chi connectivity index (χ1) is 12.2. The quantitative estimate of drug-likeness (QED) is 0.734. The first-order valence-corrected chi connectivity index (χ1v) is 9.47. The molecule has 3 rings (SSSR count). The topological polar surface area (TPSA) is 32.3 Å². The molecule has 0 saturated heterocycles. The fourth-order valence-corrected chi connectivity index (χ4v) is 3.71. The first-order valence-electron chi connectivity index (χ1n) is 9.47. The fourth-order valence-electron chi connectivity index (χ4n) is 3.71. The van der Waals surface area contributed by atoms with Crippen molar-refractivity contribution in [2.75, 3.05) is 11.9 Å². The van der Waals surface area contributed by atoms with E-state index in [1.807, 2.05) is 30.3 Å². The second-order valence-electron chi connectivity index (χ2n) is 6.81. The van der Waals surface area contributed by atoms with Gasteiger partial charge in [0.1, 0.15) is 5.66 Å². The van der Waals surface area contributed by atoms with Crippen LogP contribution in [0, 0.1) is 0 Å². The zero-order valence-corrected chi connectivity index (χ0v) is 15.3. The smallest absolute Gasteiger partial charge is 0.258 e. The van der Waals surface area contributed by atoms with Crippen molar-refractivity contribution < 1.29 is 4.79 Å². The van der Waals surface area contributed by atoms with Crippen molar-refractivity contribution in [1.82, 2.24) is 4.90 Å². The molecule has 1 aliphatic heterocycles. The molecule has 0 aromatic heterocycles. The van der Waals surface area contributed by atoms with Crippen LogP contribution in [0.3, 0.4) is 0 Å². The van der Waals surface area contributed by atoms with Gasteiger partial charge in [-0.1, -0.05) is 69.2 Å². The van der Waals surface area contributed by atoms with Gasteiger partial charge in [0.15, 0.2) is 0 Å². The Morgan fingerprint density at radius 1 is 0.920 bits per heavy atom. The van der Waals surface area contributed by atoms with Gasteiger partial charge >= 0.3 is 0 Å². The number of nitrogens with zero attached hydrogens (tertiary/aromatic N) is 1. The minimum atomic E-state index is -0.460. The Balaban J connectivity index is 2.13. The van der Waals surface area contributed by atoms with Gasteiger partial charge < -0.3 is 10.2 Å². The molecular formula is C22H28N2O. The Morgan fingerprint density at radius 2 is 1.60 bits per heavy atom. The maximum absolute atomic E-state index is 13.4. The minimum absolute atomic E-state index is 0.141. The number of nitrogens with one attached hydrogen (secondary N) is 1. The van der Waals surface area contributed by atoms with Crippen LogP contribution in [-0.2, 0) is 5.66 Å². The van der Waals surface area contributed by atoms with Crippen molar-refractivity contribution in [3.05, 3.63) is 65.7 Å². The summed E-state index contributed by atoms with van der Waals surface area (Å²) in [7, 11) is 0. The Kier molecular flexibility index (Phi) is 5.42. The van der Waals surface area contributed by atoms with E-state index in [2.05, 4.69) is 48.3 Å². The summed E-state index contributed by atoms with van der Waals surface area (Å²) in [6.07, 6.45) is 5.17. The van der Waals surface area contributed by atoms with E-state index in [1.54, 1.807) is 0 Å². The Hall–Kier alpha value is -2.29. The second-order valence-corrected chi connectivity index (χ2v) is 6.81. The summed E-state index contributed by atoms with van der Waals surface area (Å²) in [5.41, 5.74) is 2.43. The normalized spacial score (nSPS) is 19.4. The lowest BCUT2D eigenvalue weighted by Gasteiger charge is -2.49. The highest BCUT2D eigenvalue weighted by Gasteiger charge is 2.44. The van der Waals surface area contributed by atoms with Crippen molar-refractivity contribution in [3.63, 3.8) is 0 Å². The molecule has 0 bridgehead atoms. The number of benzene rings is 2. The van der Waals surface area contributed by atoms with Crippen molar-refractivity contribution >= 4 is 11.6 Å². The summed E-state index contributed by atoms with van der Waals surface area (Å²) in [5.74, 6) is 0.141. The van der Waals surface area contributed by atoms with Crippen LogP contribution >= 0.6 is 0 Å². The van der Waals surface area contributed by atoms with Gasteiger partial charge in [0.05, 0.1) is 5.56 Å². The number of amides is 1. The van der Waals surface area contributed by atoms with Crippen molar-refractivity contribution in [1.29, 1.82) is 0 Å². The lowest BCUT2D eigenvalue weighted by atomic mass is 9.87. The number of unbranched alkanes of at least 4 members (excludes halogenated alkanes) is 2. The average Bonchev–Trinajstić information content (AvgIpc) is 2.66. The van der Waals surface area contributed by atoms with Crippen molar-refractivity contribution in [2.24, 2.45) is 0 Å². The molecule has 132 valence electrons. The summed E-state index contributed by atoms with van der Waals surface area (Å²) < 4.78 is 0. The second kappa shape index (κ2) is 7.73. The van der Waals surface area contributed by atoms with Crippen LogP contribution < -0.4 is 5.32 Å². The van der Waals surface area contributed by atoms with Crippen LogP contribution in [0.5, 0.6) is 0 Å². The number of fused-ring (bicyclic) bond motifs is 1. The fraction of sp³-hybridized carbons (Fsp3) is 0.409. The van der Waals surface area contributed by atoms with E-state index in [-0.39, 0.29) is 5.91 Å². The molecule has 1 N–H and O–H groups in total. The van der Waals surface area contributed by atoms with E-state index < -0.39 is 5.66 Å². The molecule has 0 fully saturated rings. The zero-order valence-electron chi connectivity index (χ0n) is 15.3. The summed E-state index contributed by atoms with van der Waals surface area (Å²) in [4.78, 5) is 15.4. The molecule has 2 aromatic rings. The highest BCUT2D eigenvalue weighted by Crippen LogP contribution is 2.41. The molecule has 1 heterocycles. The minimum Gasteiger partial charge on any atom is -0.358 e. The first kappa shape index (κ1) is 17.5. The molecule has 3 heteroatoms. The van der Waals surface area contributed by atoms with Gasteiger partial charge in [-0.2, -0.15) is 0 Å². The monoisotopic (exact) mass is 336 g/mol. The number of rotatable bonds is 7. The molecule has 0 radical (unpaired) electrons. The van der Waals surface area contributed by atoms with Gasteiger partial charge in [-0.25, -0.2) is 0 Å². The third kappa shape index (κ3) is 3.28. The molecule has 1 aliphatic rings. The maximum Gasteiger partial charge on any atom is 0.258 e. The van der Waals surface area contributed by atoms with E-state index in [9.17, 15) is 4.79 Å². The summed E-state index contributed by atoms with van der Waals surface area (Å²) in [6, 6.07) is 18.3. The van der Waals surface area contributed by atoms with Crippen molar-refractivity contribution in [3.8, 4) is 0 Å². The number of para-hydroxylation sites is 1. The van der Waals surface area contributed by atoms with Crippen LogP contribution in [0.25, 0.3) is 0 Å². The average molecular weight is 336 g/mol. The number of carbonyl (C=O) groups excluding carboxylic acids is 1. The van der Waals surface area contributed by atoms with Gasteiger partial charge in [0.25, 0.3) is 5.91 Å². The predicted octanol–water partition coefficient (Wildman–Crippen LogP) is 5.40. The molecule has 25 heavy (non-hydrogen) atoms. The lowest BCUT2D eigenvalue weighted by Crippen LogP contribution is -2.57. The van der Waals surface area contributed by atoms with Crippen LogP contribution in [0.4, 0.5) is 5.69 Å². The van der Waals surface area contributed by atoms with Crippen LogP contribution in [0.1, 0.15) is 61.9 Å². The highest BCUT2D eigenvalue weighted by atomic mass is 16.2. The number of carbonyl (C=O) groups is 1. The Morgan fingerprint density at radius 3 is 2.32 bits per heavy atom. The largest absolute Gasteiger partial charge is 0.358 e. The van der Waals surface area contributed by atoms with Crippen LogP contribution in [0.2, 0.25) is 0 Å². The maximum atomic E-state index is 13.4. The molecule has 1 unspecified atom stereocenters. The van der Waals surface area contributed by atoms with Gasteiger partial charge in [-0.15, -0.1) is 0 Å². The summed E-state index contributed by atoms with van der Waals surface area (Å²) in [5, 5.41) is 3.76. The number of anilines is 1. The molecule has 2 aromatic carbocycles. The summed E-state index contributed by atoms with van der Waals surface area (Å²) in [6.45, 7) is 5.15. The molecule has 0 aliphatic carbocycles. The summed E-state index contributed by atoms with van der Waals surface area (Å²) >= 11 is 0. The van der Waals surface area contributed by atoms with E-state index in [0.29, 0.717) is 0 Å². The third-order valence-electron chi connectivity index (χ3n) is 5.08. The Labute approximate surface area is 151 Å². The molecule has 0 saturated carbocycles. The SMILES string of the molecule is CCCCN1C(=O)c2ccccc2NC1(CCCC)c1ccccc1. The molecular weight excluding hydrogens is 308 g/mol. The van der Waals surface area contributed by atoms with Crippen molar-refractivity contribution in [2.45, 2.75) is 51.6 Å². The molecule has 1 atom stereocenters.